The molecule has 0 saturated carbocycles. The minimum atomic E-state index is -0.0902. The average molecular weight is 348 g/mol. The lowest BCUT2D eigenvalue weighted by atomic mass is 10.2. The lowest BCUT2D eigenvalue weighted by Gasteiger charge is -2.07. The fourth-order valence-corrected chi connectivity index (χ4v) is 3.56. The molecule has 0 unspecified atom stereocenters. The molecule has 0 saturated heterocycles. The minimum Gasteiger partial charge on any atom is -0.487 e. The molecule has 0 N–H and O–H groups in total. The Labute approximate surface area is 149 Å². The van der Waals surface area contributed by atoms with Crippen molar-refractivity contribution in [1.82, 2.24) is 9.38 Å². The van der Waals surface area contributed by atoms with Gasteiger partial charge in [0.05, 0.1) is 11.4 Å². The fourth-order valence-electron chi connectivity index (χ4n) is 2.64. The second-order valence-corrected chi connectivity index (χ2v) is 6.63. The molecule has 0 bridgehead atoms. The zero-order valence-corrected chi connectivity index (χ0v) is 14.5. The third-order valence-electron chi connectivity index (χ3n) is 3.94. The van der Waals surface area contributed by atoms with Gasteiger partial charge >= 0.3 is 0 Å². The Bertz CT molecular complexity index is 1070. The van der Waals surface area contributed by atoms with E-state index in [0.717, 1.165) is 17.0 Å². The molecule has 124 valence electrons. The summed E-state index contributed by atoms with van der Waals surface area (Å²) in [4.78, 5) is 17.8. The molecule has 2 aromatic carbocycles. The molecule has 0 fully saturated rings. The number of ether oxygens (including phenoxy) is 1. The Balaban J connectivity index is 1.64. The highest BCUT2D eigenvalue weighted by Gasteiger charge is 2.11. The predicted octanol–water partition coefficient (Wildman–Crippen LogP) is 4.31. The second kappa shape index (κ2) is 6.53. The molecule has 2 heterocycles. The van der Waals surface area contributed by atoms with E-state index < -0.39 is 0 Å². The summed E-state index contributed by atoms with van der Waals surface area (Å²) in [5.74, 6) is 0.767. The average Bonchev–Trinajstić information content (AvgIpc) is 3.07. The molecule has 5 heteroatoms. The summed E-state index contributed by atoms with van der Waals surface area (Å²) < 4.78 is 7.38. The van der Waals surface area contributed by atoms with Crippen molar-refractivity contribution in [3.8, 4) is 17.0 Å². The molecule has 0 aliphatic rings. The van der Waals surface area contributed by atoms with Crippen LogP contribution in [0.4, 0.5) is 0 Å². The smallest absolute Gasteiger partial charge is 0.259 e. The number of nitrogens with zero attached hydrogens (tertiary/aromatic N) is 2. The summed E-state index contributed by atoms with van der Waals surface area (Å²) in [7, 11) is 0. The van der Waals surface area contributed by atoms with E-state index in [0.29, 0.717) is 10.7 Å². The van der Waals surface area contributed by atoms with Gasteiger partial charge in [0, 0.05) is 11.4 Å². The Morgan fingerprint density at radius 1 is 1.08 bits per heavy atom. The molecule has 0 amide bonds. The van der Waals surface area contributed by atoms with E-state index >= 15 is 0 Å². The SMILES string of the molecule is Cc1ccc(OCc2cc(=O)n3c(-c4ccccc4)csc3n2)cc1. The summed E-state index contributed by atoms with van der Waals surface area (Å²) >= 11 is 1.46. The van der Waals surface area contributed by atoms with Crippen LogP contribution in [0.25, 0.3) is 16.2 Å². The van der Waals surface area contributed by atoms with Crippen LogP contribution in [0.1, 0.15) is 11.3 Å². The van der Waals surface area contributed by atoms with E-state index in [-0.39, 0.29) is 12.2 Å². The van der Waals surface area contributed by atoms with Gasteiger partial charge in [0.2, 0.25) is 0 Å². The van der Waals surface area contributed by atoms with Crippen LogP contribution < -0.4 is 10.3 Å². The van der Waals surface area contributed by atoms with Gasteiger partial charge in [-0.15, -0.1) is 11.3 Å². The normalized spacial score (nSPS) is 10.9. The minimum absolute atomic E-state index is 0.0902. The maximum Gasteiger partial charge on any atom is 0.259 e. The number of benzene rings is 2. The molecule has 25 heavy (non-hydrogen) atoms. The number of aryl methyl sites for hydroxylation is 1. The van der Waals surface area contributed by atoms with Crippen molar-refractivity contribution in [2.75, 3.05) is 0 Å². The van der Waals surface area contributed by atoms with Crippen LogP contribution in [0, 0.1) is 6.92 Å². The quantitative estimate of drug-likeness (QED) is 0.552. The summed E-state index contributed by atoms with van der Waals surface area (Å²) in [6, 6.07) is 19.2. The van der Waals surface area contributed by atoms with Crippen LogP contribution in [-0.2, 0) is 6.61 Å². The molecule has 4 nitrogen and oxygen atoms in total. The van der Waals surface area contributed by atoms with Crippen molar-refractivity contribution in [3.05, 3.63) is 87.7 Å². The van der Waals surface area contributed by atoms with E-state index in [1.807, 2.05) is 66.9 Å². The Morgan fingerprint density at radius 3 is 2.60 bits per heavy atom. The number of thiazole rings is 1. The van der Waals surface area contributed by atoms with Gasteiger partial charge in [-0.05, 0) is 24.6 Å². The molecule has 0 aliphatic heterocycles. The summed E-state index contributed by atoms with van der Waals surface area (Å²) in [5.41, 5.74) is 3.59. The van der Waals surface area contributed by atoms with E-state index in [2.05, 4.69) is 4.98 Å². The molecular formula is C20H16N2O2S. The first kappa shape index (κ1) is 15.6. The highest BCUT2D eigenvalue weighted by atomic mass is 32.1. The van der Waals surface area contributed by atoms with Crippen LogP contribution >= 0.6 is 11.3 Å². The Morgan fingerprint density at radius 2 is 1.84 bits per heavy atom. The number of aromatic nitrogens is 2. The lowest BCUT2D eigenvalue weighted by molar-refractivity contribution is 0.301. The second-order valence-electron chi connectivity index (χ2n) is 5.79. The highest BCUT2D eigenvalue weighted by molar-refractivity contribution is 7.15. The van der Waals surface area contributed by atoms with Gasteiger partial charge in [-0.2, -0.15) is 0 Å². The van der Waals surface area contributed by atoms with Crippen LogP contribution in [0.2, 0.25) is 0 Å². The Kier molecular flexibility index (Phi) is 4.07. The highest BCUT2D eigenvalue weighted by Crippen LogP contribution is 2.24. The van der Waals surface area contributed by atoms with Crippen molar-refractivity contribution in [1.29, 1.82) is 0 Å². The van der Waals surface area contributed by atoms with Crippen LogP contribution in [0.3, 0.4) is 0 Å². The van der Waals surface area contributed by atoms with Crippen molar-refractivity contribution >= 4 is 16.3 Å². The summed E-state index contributed by atoms with van der Waals surface area (Å²) in [5, 5.41) is 1.96. The van der Waals surface area contributed by atoms with Crippen molar-refractivity contribution in [2.45, 2.75) is 13.5 Å². The zero-order chi connectivity index (χ0) is 17.2. The Hall–Kier alpha value is -2.92. The zero-order valence-electron chi connectivity index (χ0n) is 13.7. The van der Waals surface area contributed by atoms with Gasteiger partial charge in [0.15, 0.2) is 4.96 Å². The number of hydrogen-bond acceptors (Lipinski definition) is 4. The molecule has 0 spiro atoms. The lowest BCUT2D eigenvalue weighted by Crippen LogP contribution is -2.15. The van der Waals surface area contributed by atoms with Gasteiger partial charge in [-0.3, -0.25) is 9.20 Å². The first-order valence-electron chi connectivity index (χ1n) is 7.96. The molecule has 0 radical (unpaired) electrons. The van der Waals surface area contributed by atoms with E-state index in [4.69, 9.17) is 4.74 Å². The van der Waals surface area contributed by atoms with Gasteiger partial charge < -0.3 is 4.74 Å². The van der Waals surface area contributed by atoms with Gasteiger partial charge in [0.1, 0.15) is 12.4 Å². The maximum absolute atomic E-state index is 12.6. The van der Waals surface area contributed by atoms with E-state index in [1.165, 1.54) is 16.9 Å². The van der Waals surface area contributed by atoms with Gasteiger partial charge in [0.25, 0.3) is 5.56 Å². The van der Waals surface area contributed by atoms with Gasteiger partial charge in [-0.1, -0.05) is 48.0 Å². The predicted molar refractivity (Wildman–Crippen MR) is 100 cm³/mol. The number of rotatable bonds is 4. The van der Waals surface area contributed by atoms with Crippen molar-refractivity contribution in [3.63, 3.8) is 0 Å². The summed E-state index contributed by atoms with van der Waals surface area (Å²) in [6.45, 7) is 2.30. The van der Waals surface area contributed by atoms with Gasteiger partial charge in [-0.25, -0.2) is 4.98 Å². The standard InChI is InChI=1S/C20H16N2O2S/c1-14-7-9-17(10-8-14)24-12-16-11-19(23)22-18(13-25-20(22)21-16)15-5-3-2-4-6-15/h2-11,13H,12H2,1H3. The van der Waals surface area contributed by atoms with Crippen LogP contribution in [0.5, 0.6) is 5.75 Å². The molecule has 0 aliphatic carbocycles. The topological polar surface area (TPSA) is 43.6 Å². The molecule has 4 aromatic rings. The molecule has 4 rings (SSSR count). The molecule has 2 aromatic heterocycles. The summed E-state index contributed by atoms with van der Waals surface area (Å²) in [6.07, 6.45) is 0. The number of hydrogen-bond donors (Lipinski definition) is 0. The first-order valence-corrected chi connectivity index (χ1v) is 8.84. The maximum atomic E-state index is 12.6. The first-order chi connectivity index (χ1) is 12.2. The van der Waals surface area contributed by atoms with E-state index in [1.54, 1.807) is 10.5 Å². The molecular weight excluding hydrogens is 332 g/mol. The number of fused-ring (bicyclic) bond motifs is 1. The molecule has 0 atom stereocenters. The van der Waals surface area contributed by atoms with Crippen molar-refractivity contribution < 1.29 is 4.74 Å². The third kappa shape index (κ3) is 3.19. The third-order valence-corrected chi connectivity index (χ3v) is 4.76. The monoisotopic (exact) mass is 348 g/mol. The van der Waals surface area contributed by atoms with E-state index in [9.17, 15) is 4.79 Å². The largest absolute Gasteiger partial charge is 0.487 e. The van der Waals surface area contributed by atoms with Crippen molar-refractivity contribution in [2.24, 2.45) is 0 Å². The fraction of sp³-hybridized carbons (Fsp3) is 0.100. The van der Waals surface area contributed by atoms with Crippen LogP contribution in [-0.4, -0.2) is 9.38 Å². The van der Waals surface area contributed by atoms with Crippen LogP contribution in [0.15, 0.2) is 70.8 Å².